The molecule has 1 unspecified atom stereocenters. The quantitative estimate of drug-likeness (QED) is 0.621. The van der Waals surface area contributed by atoms with Gasteiger partial charge in [0.05, 0.1) is 0 Å². The molecule has 0 saturated heterocycles. The van der Waals surface area contributed by atoms with Crippen LogP contribution in [0.1, 0.15) is 31.2 Å². The van der Waals surface area contributed by atoms with Crippen molar-refractivity contribution in [3.63, 3.8) is 0 Å². The summed E-state index contributed by atoms with van der Waals surface area (Å²) in [4.78, 5) is 0. The first-order valence-corrected chi connectivity index (χ1v) is 7.47. The van der Waals surface area contributed by atoms with Crippen LogP contribution in [0.3, 0.4) is 0 Å². The van der Waals surface area contributed by atoms with E-state index in [0.717, 1.165) is 17.4 Å². The van der Waals surface area contributed by atoms with E-state index in [1.54, 1.807) is 6.07 Å². The average molecular weight is 283 g/mol. The highest BCUT2D eigenvalue weighted by atomic mass is 35.5. The van der Waals surface area contributed by atoms with Crippen molar-refractivity contribution in [2.45, 2.75) is 38.1 Å². The van der Waals surface area contributed by atoms with E-state index < -0.39 is 0 Å². The molecule has 0 bridgehead atoms. The third-order valence-electron chi connectivity index (χ3n) is 4.46. The molecule has 2 aliphatic carbocycles. The molecule has 104 valence electrons. The second-order valence-corrected chi connectivity index (χ2v) is 6.37. The zero-order valence-corrected chi connectivity index (χ0v) is 11.7. The van der Waals surface area contributed by atoms with E-state index >= 15 is 0 Å². The van der Waals surface area contributed by atoms with E-state index in [-0.39, 0.29) is 11.9 Å². The third kappa shape index (κ3) is 3.10. The van der Waals surface area contributed by atoms with Gasteiger partial charge in [-0.3, -0.25) is 11.3 Å². The number of hydrogen-bond donors (Lipinski definition) is 2. The van der Waals surface area contributed by atoms with Crippen molar-refractivity contribution < 1.29 is 4.39 Å². The summed E-state index contributed by atoms with van der Waals surface area (Å²) < 4.78 is 13.3. The van der Waals surface area contributed by atoms with Crippen LogP contribution >= 0.6 is 11.6 Å². The van der Waals surface area contributed by atoms with Crippen molar-refractivity contribution in [3.8, 4) is 0 Å². The van der Waals surface area contributed by atoms with Crippen LogP contribution in [0.15, 0.2) is 18.2 Å². The summed E-state index contributed by atoms with van der Waals surface area (Å²) >= 11 is 6.16. The maximum absolute atomic E-state index is 13.3. The lowest BCUT2D eigenvalue weighted by molar-refractivity contribution is 0.283. The molecule has 1 aromatic carbocycles. The Morgan fingerprint density at radius 3 is 2.42 bits per heavy atom. The van der Waals surface area contributed by atoms with Gasteiger partial charge in [-0.15, -0.1) is 0 Å². The topological polar surface area (TPSA) is 38.0 Å². The van der Waals surface area contributed by atoms with Crippen LogP contribution in [0.2, 0.25) is 5.02 Å². The van der Waals surface area contributed by atoms with Crippen molar-refractivity contribution in [2.75, 3.05) is 0 Å². The minimum Gasteiger partial charge on any atom is -0.271 e. The zero-order chi connectivity index (χ0) is 13.4. The predicted octanol–water partition coefficient (Wildman–Crippen LogP) is 3.29. The van der Waals surface area contributed by atoms with Gasteiger partial charge in [0.15, 0.2) is 0 Å². The van der Waals surface area contributed by atoms with E-state index in [9.17, 15) is 4.39 Å². The fraction of sp³-hybridized carbons (Fsp3) is 0.600. The summed E-state index contributed by atoms with van der Waals surface area (Å²) in [5.74, 6) is 7.76. The normalized spacial score (nSPS) is 20.8. The van der Waals surface area contributed by atoms with Gasteiger partial charge in [-0.25, -0.2) is 4.39 Å². The molecule has 0 aromatic heterocycles. The lowest BCUT2D eigenvalue weighted by Crippen LogP contribution is -2.44. The molecule has 4 heteroatoms. The Balaban J connectivity index is 1.76. The summed E-state index contributed by atoms with van der Waals surface area (Å²) in [5, 5.41) is 0.631. The molecule has 2 fully saturated rings. The van der Waals surface area contributed by atoms with Crippen LogP contribution in [0, 0.1) is 23.6 Å². The number of hydrazine groups is 1. The number of halogens is 2. The molecule has 2 saturated carbocycles. The highest BCUT2D eigenvalue weighted by Crippen LogP contribution is 2.51. The van der Waals surface area contributed by atoms with Gasteiger partial charge in [-0.2, -0.15) is 0 Å². The Bertz CT molecular complexity index is 445. The smallest absolute Gasteiger partial charge is 0.123 e. The number of nitrogens with two attached hydrogens (primary N) is 1. The molecule has 2 aliphatic rings. The van der Waals surface area contributed by atoms with Gasteiger partial charge in [0.2, 0.25) is 0 Å². The molecule has 2 nitrogen and oxygen atoms in total. The highest BCUT2D eigenvalue weighted by Gasteiger charge is 2.45. The van der Waals surface area contributed by atoms with Gasteiger partial charge < -0.3 is 0 Å². The van der Waals surface area contributed by atoms with Crippen LogP contribution in [-0.4, -0.2) is 6.04 Å². The van der Waals surface area contributed by atoms with Gasteiger partial charge in [0, 0.05) is 11.1 Å². The molecular formula is C15H20ClFN2. The molecular weight excluding hydrogens is 263 g/mol. The van der Waals surface area contributed by atoms with E-state index in [0.29, 0.717) is 17.4 Å². The molecule has 0 aliphatic heterocycles. The predicted molar refractivity (Wildman–Crippen MR) is 75.2 cm³/mol. The largest absolute Gasteiger partial charge is 0.271 e. The van der Waals surface area contributed by atoms with Crippen LogP contribution < -0.4 is 11.3 Å². The fourth-order valence-electron chi connectivity index (χ4n) is 3.25. The van der Waals surface area contributed by atoms with Crippen molar-refractivity contribution >= 4 is 11.6 Å². The Kier molecular flexibility index (Phi) is 3.79. The maximum Gasteiger partial charge on any atom is 0.123 e. The summed E-state index contributed by atoms with van der Waals surface area (Å²) in [7, 11) is 0. The first kappa shape index (κ1) is 13.3. The van der Waals surface area contributed by atoms with Gasteiger partial charge in [0.25, 0.3) is 0 Å². The number of rotatable bonds is 6. The first-order chi connectivity index (χ1) is 9.19. The number of benzene rings is 1. The second-order valence-electron chi connectivity index (χ2n) is 5.97. The standard InChI is InChI=1S/C15H20ClFN2/c16-13-6-5-12(17)7-11(13)8-14(19-18)15(9-1-2-9)10-3-4-10/h5-7,9-10,14-15,19H,1-4,8,18H2. The summed E-state index contributed by atoms with van der Waals surface area (Å²) in [6, 6.07) is 4.77. The SMILES string of the molecule is NNC(Cc1cc(F)ccc1Cl)C(C1CC1)C1CC1. The van der Waals surface area contributed by atoms with Crippen LogP contribution in [0.5, 0.6) is 0 Å². The van der Waals surface area contributed by atoms with Gasteiger partial charge in [0.1, 0.15) is 5.82 Å². The van der Waals surface area contributed by atoms with Crippen LogP contribution in [0.4, 0.5) is 4.39 Å². The van der Waals surface area contributed by atoms with Crippen molar-refractivity contribution in [2.24, 2.45) is 23.6 Å². The highest BCUT2D eigenvalue weighted by molar-refractivity contribution is 6.31. The van der Waals surface area contributed by atoms with E-state index in [1.165, 1.54) is 37.8 Å². The monoisotopic (exact) mass is 282 g/mol. The zero-order valence-electron chi connectivity index (χ0n) is 10.9. The molecule has 0 heterocycles. The van der Waals surface area contributed by atoms with E-state index in [2.05, 4.69) is 5.43 Å². The van der Waals surface area contributed by atoms with Crippen LogP contribution in [0.25, 0.3) is 0 Å². The summed E-state index contributed by atoms with van der Waals surface area (Å²) in [6.07, 6.45) is 5.98. The maximum atomic E-state index is 13.3. The molecule has 0 radical (unpaired) electrons. The average Bonchev–Trinajstić information content (AvgIpc) is 3.25. The molecule has 1 aromatic rings. The molecule has 0 amide bonds. The van der Waals surface area contributed by atoms with Crippen LogP contribution in [-0.2, 0) is 6.42 Å². The molecule has 19 heavy (non-hydrogen) atoms. The van der Waals surface area contributed by atoms with Gasteiger partial charge in [-0.1, -0.05) is 11.6 Å². The fourth-order valence-corrected chi connectivity index (χ4v) is 3.44. The minimum absolute atomic E-state index is 0.208. The van der Waals surface area contributed by atoms with Crippen molar-refractivity contribution in [1.29, 1.82) is 0 Å². The Morgan fingerprint density at radius 1 is 1.26 bits per heavy atom. The number of hydrogen-bond acceptors (Lipinski definition) is 2. The van der Waals surface area contributed by atoms with Crippen molar-refractivity contribution in [1.82, 2.24) is 5.43 Å². The second kappa shape index (κ2) is 5.39. The first-order valence-electron chi connectivity index (χ1n) is 7.09. The van der Waals surface area contributed by atoms with Gasteiger partial charge in [-0.05, 0) is 73.6 Å². The Labute approximate surface area is 118 Å². The van der Waals surface area contributed by atoms with Crippen molar-refractivity contribution in [3.05, 3.63) is 34.6 Å². The lowest BCUT2D eigenvalue weighted by Gasteiger charge is -2.27. The van der Waals surface area contributed by atoms with Gasteiger partial charge >= 0.3 is 0 Å². The molecule has 1 atom stereocenters. The van der Waals surface area contributed by atoms with E-state index in [4.69, 9.17) is 17.4 Å². The third-order valence-corrected chi connectivity index (χ3v) is 4.83. The Morgan fingerprint density at radius 2 is 1.89 bits per heavy atom. The lowest BCUT2D eigenvalue weighted by atomic mass is 9.86. The molecule has 3 N–H and O–H groups in total. The Hall–Kier alpha value is -0.640. The summed E-state index contributed by atoms with van der Waals surface area (Å²) in [5.41, 5.74) is 3.82. The summed E-state index contributed by atoms with van der Waals surface area (Å²) in [6.45, 7) is 0. The molecule has 0 spiro atoms. The van der Waals surface area contributed by atoms with E-state index in [1.807, 2.05) is 0 Å². The molecule has 3 rings (SSSR count). The minimum atomic E-state index is -0.232. The number of nitrogens with one attached hydrogen (secondary N) is 1.